The summed E-state index contributed by atoms with van der Waals surface area (Å²) in [7, 11) is 0. The van der Waals surface area contributed by atoms with Gasteiger partial charge in [0, 0.05) is 46.8 Å². The highest BCUT2D eigenvalue weighted by molar-refractivity contribution is 7.98. The normalized spacial score (nSPS) is 19.0. The van der Waals surface area contributed by atoms with Gasteiger partial charge in [-0.3, -0.25) is 4.79 Å². The maximum absolute atomic E-state index is 12.2. The molecule has 1 aliphatic heterocycles. The Bertz CT molecular complexity index is 710. The average Bonchev–Trinajstić information content (AvgIpc) is 3.04. The highest BCUT2D eigenvalue weighted by atomic mass is 35.5. The Labute approximate surface area is 169 Å². The zero-order valence-electron chi connectivity index (χ0n) is 14.2. The van der Waals surface area contributed by atoms with Gasteiger partial charge in [0.15, 0.2) is 0 Å². The number of benzene rings is 2. The Morgan fingerprint density at radius 2 is 1.85 bits per heavy atom. The second kappa shape index (κ2) is 10.2. The molecule has 3 N–H and O–H groups in total. The molecule has 140 valence electrons. The van der Waals surface area contributed by atoms with Gasteiger partial charge in [0.2, 0.25) is 0 Å². The Balaban J connectivity index is 0.00000243. The SMILES string of the molecule is Cl.O=C(NCC1CNCC1O)c1ccc(CSc2ccc(Cl)cc2)cc1. The van der Waals surface area contributed by atoms with Crippen LogP contribution in [0.1, 0.15) is 15.9 Å². The molecule has 0 bridgehead atoms. The smallest absolute Gasteiger partial charge is 0.251 e. The average molecular weight is 413 g/mol. The molecule has 2 aromatic rings. The van der Waals surface area contributed by atoms with E-state index in [-0.39, 0.29) is 30.3 Å². The lowest BCUT2D eigenvalue weighted by Gasteiger charge is -2.14. The highest BCUT2D eigenvalue weighted by Crippen LogP contribution is 2.24. The van der Waals surface area contributed by atoms with Crippen LogP contribution in [-0.2, 0) is 5.75 Å². The van der Waals surface area contributed by atoms with E-state index in [1.54, 1.807) is 11.8 Å². The van der Waals surface area contributed by atoms with Gasteiger partial charge in [-0.25, -0.2) is 0 Å². The predicted molar refractivity (Wildman–Crippen MR) is 109 cm³/mol. The summed E-state index contributed by atoms with van der Waals surface area (Å²) in [6, 6.07) is 15.4. The van der Waals surface area contributed by atoms with E-state index in [0.29, 0.717) is 18.7 Å². The van der Waals surface area contributed by atoms with Crippen LogP contribution in [0.15, 0.2) is 53.4 Å². The second-order valence-corrected chi connectivity index (χ2v) is 7.62. The molecular formula is C19H22Cl2N2O2S. The second-order valence-electron chi connectivity index (χ2n) is 6.14. The number of β-amino-alcohol motifs (C(OH)–C–C–N with tert-alkyl or cyclic N) is 1. The minimum atomic E-state index is -0.382. The first kappa shape index (κ1) is 21.1. The molecule has 2 aromatic carbocycles. The van der Waals surface area contributed by atoms with Gasteiger partial charge in [0.05, 0.1) is 6.10 Å². The Morgan fingerprint density at radius 3 is 2.46 bits per heavy atom. The number of thioether (sulfide) groups is 1. The number of carbonyl (C=O) groups excluding carboxylic acids is 1. The van der Waals surface area contributed by atoms with Gasteiger partial charge >= 0.3 is 0 Å². The Morgan fingerprint density at radius 1 is 1.15 bits per heavy atom. The van der Waals surface area contributed by atoms with Gasteiger partial charge in [0.1, 0.15) is 0 Å². The predicted octanol–water partition coefficient (Wildman–Crippen LogP) is 3.36. The summed E-state index contributed by atoms with van der Waals surface area (Å²) in [6.45, 7) is 1.82. The van der Waals surface area contributed by atoms with Crippen molar-refractivity contribution in [3.05, 3.63) is 64.7 Å². The van der Waals surface area contributed by atoms with E-state index in [9.17, 15) is 9.90 Å². The highest BCUT2D eigenvalue weighted by Gasteiger charge is 2.25. The number of hydrogen-bond donors (Lipinski definition) is 3. The molecule has 26 heavy (non-hydrogen) atoms. The van der Waals surface area contributed by atoms with Crippen molar-refractivity contribution in [3.63, 3.8) is 0 Å². The minimum Gasteiger partial charge on any atom is -0.391 e. The first-order valence-corrected chi connectivity index (χ1v) is 9.62. The largest absolute Gasteiger partial charge is 0.391 e. The third-order valence-electron chi connectivity index (χ3n) is 4.26. The van der Waals surface area contributed by atoms with E-state index in [1.807, 2.05) is 48.5 Å². The van der Waals surface area contributed by atoms with Gasteiger partial charge in [-0.2, -0.15) is 0 Å². The first-order valence-electron chi connectivity index (χ1n) is 8.26. The van der Waals surface area contributed by atoms with Gasteiger partial charge < -0.3 is 15.7 Å². The van der Waals surface area contributed by atoms with Crippen molar-refractivity contribution in [1.29, 1.82) is 0 Å². The fraction of sp³-hybridized carbons (Fsp3) is 0.316. The number of hydrogen-bond acceptors (Lipinski definition) is 4. The Kier molecular flexibility index (Phi) is 8.25. The topological polar surface area (TPSA) is 61.4 Å². The molecule has 0 aromatic heterocycles. The molecule has 1 heterocycles. The third kappa shape index (κ3) is 5.89. The van der Waals surface area contributed by atoms with Crippen LogP contribution in [0.2, 0.25) is 5.02 Å². The van der Waals surface area contributed by atoms with Gasteiger partial charge in [-0.1, -0.05) is 23.7 Å². The van der Waals surface area contributed by atoms with Crippen molar-refractivity contribution in [1.82, 2.24) is 10.6 Å². The van der Waals surface area contributed by atoms with Crippen molar-refractivity contribution < 1.29 is 9.90 Å². The quantitative estimate of drug-likeness (QED) is 0.636. The van der Waals surface area contributed by atoms with Gasteiger partial charge in [0.25, 0.3) is 5.91 Å². The molecule has 4 nitrogen and oxygen atoms in total. The van der Waals surface area contributed by atoms with Crippen LogP contribution in [0.4, 0.5) is 0 Å². The van der Waals surface area contributed by atoms with E-state index < -0.39 is 0 Å². The molecule has 2 atom stereocenters. The molecule has 0 spiro atoms. The summed E-state index contributed by atoms with van der Waals surface area (Å²) in [4.78, 5) is 13.4. The van der Waals surface area contributed by atoms with Crippen molar-refractivity contribution in [3.8, 4) is 0 Å². The molecule has 1 aliphatic rings. The number of aliphatic hydroxyl groups excluding tert-OH is 1. The minimum absolute atomic E-state index is 0. The zero-order chi connectivity index (χ0) is 17.6. The number of halogens is 2. The summed E-state index contributed by atoms with van der Waals surface area (Å²) < 4.78 is 0. The fourth-order valence-corrected chi connectivity index (χ4v) is 3.68. The maximum atomic E-state index is 12.2. The number of nitrogens with one attached hydrogen (secondary N) is 2. The van der Waals surface area contributed by atoms with E-state index in [1.165, 1.54) is 0 Å². The van der Waals surface area contributed by atoms with Crippen LogP contribution in [0.3, 0.4) is 0 Å². The zero-order valence-corrected chi connectivity index (χ0v) is 16.5. The summed E-state index contributed by atoms with van der Waals surface area (Å²) in [5.74, 6) is 0.818. The Hall–Kier alpha value is -1.24. The summed E-state index contributed by atoms with van der Waals surface area (Å²) >= 11 is 7.62. The van der Waals surface area contributed by atoms with Gasteiger partial charge in [-0.05, 0) is 42.0 Å². The number of amides is 1. The molecule has 0 saturated carbocycles. The molecule has 1 amide bonds. The molecular weight excluding hydrogens is 391 g/mol. The monoisotopic (exact) mass is 412 g/mol. The summed E-state index contributed by atoms with van der Waals surface area (Å²) in [5.41, 5.74) is 1.80. The molecule has 3 rings (SSSR count). The molecule has 2 unspecified atom stereocenters. The van der Waals surface area contributed by atoms with Crippen molar-refractivity contribution in [2.75, 3.05) is 19.6 Å². The van der Waals surface area contributed by atoms with E-state index in [2.05, 4.69) is 10.6 Å². The van der Waals surface area contributed by atoms with Crippen LogP contribution >= 0.6 is 35.8 Å². The molecule has 1 fully saturated rings. The van der Waals surface area contributed by atoms with E-state index in [4.69, 9.17) is 11.6 Å². The molecule has 1 saturated heterocycles. The standard InChI is InChI=1S/C19H21ClN2O2S.ClH/c20-16-5-7-17(8-6-16)25-12-13-1-3-14(4-2-13)19(24)22-10-15-9-21-11-18(15)23;/h1-8,15,18,21,23H,9-12H2,(H,22,24);1H. The van der Waals surface area contributed by atoms with E-state index in [0.717, 1.165) is 27.8 Å². The first-order chi connectivity index (χ1) is 12.1. The van der Waals surface area contributed by atoms with E-state index >= 15 is 0 Å². The molecule has 0 aliphatic carbocycles. The van der Waals surface area contributed by atoms with Gasteiger partial charge in [-0.15, -0.1) is 24.2 Å². The lowest BCUT2D eigenvalue weighted by Crippen LogP contribution is -2.34. The number of carbonyl (C=O) groups is 1. The van der Waals surface area contributed by atoms with Crippen LogP contribution in [0.25, 0.3) is 0 Å². The van der Waals surface area contributed by atoms with Crippen molar-refractivity contribution >= 4 is 41.7 Å². The number of aliphatic hydroxyl groups is 1. The van der Waals surface area contributed by atoms with Crippen LogP contribution in [0.5, 0.6) is 0 Å². The molecule has 7 heteroatoms. The van der Waals surface area contributed by atoms with Crippen LogP contribution in [-0.4, -0.2) is 36.8 Å². The lowest BCUT2D eigenvalue weighted by molar-refractivity contribution is 0.0927. The number of rotatable bonds is 6. The third-order valence-corrected chi connectivity index (χ3v) is 5.60. The summed E-state index contributed by atoms with van der Waals surface area (Å²) in [5, 5.41) is 16.5. The van der Waals surface area contributed by atoms with Crippen LogP contribution in [0, 0.1) is 5.92 Å². The van der Waals surface area contributed by atoms with Crippen molar-refractivity contribution in [2.24, 2.45) is 5.92 Å². The lowest BCUT2D eigenvalue weighted by atomic mass is 10.1. The van der Waals surface area contributed by atoms with Crippen LogP contribution < -0.4 is 10.6 Å². The summed E-state index contributed by atoms with van der Waals surface area (Å²) in [6.07, 6.45) is -0.382. The van der Waals surface area contributed by atoms with Crippen molar-refractivity contribution in [2.45, 2.75) is 16.8 Å². The fourth-order valence-electron chi connectivity index (χ4n) is 2.70. The molecule has 0 radical (unpaired) electrons. The maximum Gasteiger partial charge on any atom is 0.251 e.